The highest BCUT2D eigenvalue weighted by Crippen LogP contribution is 2.32. The van der Waals surface area contributed by atoms with Crippen LogP contribution in [0.4, 0.5) is 10.1 Å². The van der Waals surface area contributed by atoms with Crippen molar-refractivity contribution < 1.29 is 19.0 Å². The van der Waals surface area contributed by atoms with Gasteiger partial charge in [-0.3, -0.25) is 9.69 Å². The van der Waals surface area contributed by atoms with Gasteiger partial charge >= 0.3 is 0 Å². The van der Waals surface area contributed by atoms with Gasteiger partial charge in [-0.15, -0.1) is 0 Å². The highest BCUT2D eigenvalue weighted by molar-refractivity contribution is 5.94. The van der Waals surface area contributed by atoms with E-state index in [1.54, 1.807) is 25.3 Å². The summed E-state index contributed by atoms with van der Waals surface area (Å²) in [5.41, 5.74) is 1.78. The average Bonchev–Trinajstić information content (AvgIpc) is 2.76. The molecule has 1 heterocycles. The molecule has 5 nitrogen and oxygen atoms in total. The van der Waals surface area contributed by atoms with Gasteiger partial charge in [-0.2, -0.15) is 0 Å². The first kappa shape index (κ1) is 20.2. The molecule has 1 saturated heterocycles. The van der Waals surface area contributed by atoms with Gasteiger partial charge in [-0.25, -0.2) is 4.39 Å². The van der Waals surface area contributed by atoms with Crippen LogP contribution < -0.4 is 9.64 Å². The Labute approximate surface area is 175 Å². The number of aromatic hydroxyl groups is 1. The largest absolute Gasteiger partial charge is 0.508 e. The number of piperazine rings is 1. The summed E-state index contributed by atoms with van der Waals surface area (Å²) in [6, 6.07) is 14.2. The lowest BCUT2D eigenvalue weighted by molar-refractivity contribution is 0.101. The van der Waals surface area contributed by atoms with Crippen molar-refractivity contribution in [3.63, 3.8) is 0 Å². The minimum atomic E-state index is -0.366. The minimum absolute atomic E-state index is 0.142. The van der Waals surface area contributed by atoms with Crippen LogP contribution in [0.3, 0.4) is 0 Å². The normalized spacial score (nSPS) is 14.8. The summed E-state index contributed by atoms with van der Waals surface area (Å²) in [5, 5.41) is 12.5. The number of carbonyl (C=O) groups is 1. The van der Waals surface area contributed by atoms with Gasteiger partial charge in [-0.05, 0) is 54.1 Å². The van der Waals surface area contributed by atoms with Crippen LogP contribution in [0.25, 0.3) is 10.8 Å². The molecule has 0 radical (unpaired) electrons. The lowest BCUT2D eigenvalue weighted by Gasteiger charge is -2.36. The van der Waals surface area contributed by atoms with Crippen LogP contribution in [0.1, 0.15) is 22.8 Å². The quantitative estimate of drug-likeness (QED) is 0.641. The predicted molar refractivity (Wildman–Crippen MR) is 116 cm³/mol. The second kappa shape index (κ2) is 8.32. The molecule has 0 amide bonds. The van der Waals surface area contributed by atoms with E-state index in [1.807, 2.05) is 29.2 Å². The molecule has 6 heteroatoms. The number of benzene rings is 3. The monoisotopic (exact) mass is 408 g/mol. The van der Waals surface area contributed by atoms with E-state index in [4.69, 9.17) is 4.74 Å². The van der Waals surface area contributed by atoms with Crippen molar-refractivity contribution in [2.45, 2.75) is 13.5 Å². The Balaban J connectivity index is 1.49. The fourth-order valence-electron chi connectivity index (χ4n) is 4.00. The van der Waals surface area contributed by atoms with Crippen molar-refractivity contribution in [1.82, 2.24) is 4.90 Å². The smallest absolute Gasteiger partial charge is 0.159 e. The molecular weight excluding hydrogens is 383 g/mol. The van der Waals surface area contributed by atoms with Crippen LogP contribution in [0.5, 0.6) is 11.5 Å². The van der Waals surface area contributed by atoms with Crippen molar-refractivity contribution >= 4 is 22.2 Å². The van der Waals surface area contributed by atoms with Gasteiger partial charge in [0.2, 0.25) is 0 Å². The Kier molecular flexibility index (Phi) is 5.59. The van der Waals surface area contributed by atoms with Crippen LogP contribution in [0.15, 0.2) is 48.5 Å². The molecule has 1 N–H and O–H groups in total. The molecule has 0 unspecified atom stereocenters. The zero-order valence-electron chi connectivity index (χ0n) is 17.2. The molecule has 0 bridgehead atoms. The summed E-state index contributed by atoms with van der Waals surface area (Å²) in [6.45, 7) is 4.87. The molecule has 0 saturated carbocycles. The molecule has 30 heavy (non-hydrogen) atoms. The summed E-state index contributed by atoms with van der Waals surface area (Å²) in [4.78, 5) is 15.7. The predicted octanol–water partition coefficient (Wildman–Crippen LogP) is 4.22. The number of carbonyl (C=O) groups excluding carboxylic acids is 1. The second-order valence-corrected chi connectivity index (χ2v) is 7.64. The summed E-state index contributed by atoms with van der Waals surface area (Å²) in [5.74, 6) is 0.513. The molecule has 0 spiro atoms. The maximum absolute atomic E-state index is 14.5. The van der Waals surface area contributed by atoms with E-state index < -0.39 is 0 Å². The van der Waals surface area contributed by atoms with Crippen LogP contribution in [0.2, 0.25) is 0 Å². The molecular formula is C24H25FN2O3. The maximum atomic E-state index is 14.5. The van der Waals surface area contributed by atoms with E-state index in [0.29, 0.717) is 30.9 Å². The third-order valence-electron chi connectivity index (χ3n) is 5.76. The van der Waals surface area contributed by atoms with E-state index in [0.717, 1.165) is 35.2 Å². The van der Waals surface area contributed by atoms with Crippen molar-refractivity contribution in [2.75, 3.05) is 38.2 Å². The number of Topliss-reactive ketones (excluding diaryl/α,β-unsaturated/α-hetero) is 1. The highest BCUT2D eigenvalue weighted by Gasteiger charge is 2.21. The fraction of sp³-hybridized carbons (Fsp3) is 0.292. The molecule has 0 aromatic heterocycles. The van der Waals surface area contributed by atoms with Crippen LogP contribution >= 0.6 is 0 Å². The van der Waals surface area contributed by atoms with Gasteiger partial charge in [0.15, 0.2) is 5.78 Å². The number of halogens is 1. The van der Waals surface area contributed by atoms with Crippen molar-refractivity contribution in [3.05, 3.63) is 65.5 Å². The minimum Gasteiger partial charge on any atom is -0.508 e. The lowest BCUT2D eigenvalue weighted by atomic mass is 10.0. The Morgan fingerprint density at radius 2 is 1.80 bits per heavy atom. The number of phenols is 1. The topological polar surface area (TPSA) is 53.0 Å². The molecule has 1 fully saturated rings. The van der Waals surface area contributed by atoms with Crippen molar-refractivity contribution in [1.29, 1.82) is 0 Å². The standard InChI is InChI=1S/C24H25FN2O3/c1-16(28)18-4-7-23(22(25)13-18)27-11-9-26(10-12-27)15-21-20-14-19(30-2)6-3-17(20)5-8-24(21)29/h3-8,13-14,29H,9-12,15H2,1-2H3. The van der Waals surface area contributed by atoms with Crippen LogP contribution in [-0.4, -0.2) is 49.1 Å². The van der Waals surface area contributed by atoms with E-state index in [1.165, 1.54) is 13.0 Å². The lowest BCUT2D eigenvalue weighted by Crippen LogP contribution is -2.46. The number of ether oxygens (including phenoxy) is 1. The van der Waals surface area contributed by atoms with Crippen molar-refractivity contribution in [2.24, 2.45) is 0 Å². The van der Waals surface area contributed by atoms with E-state index in [-0.39, 0.29) is 17.3 Å². The van der Waals surface area contributed by atoms with Gasteiger partial charge in [-0.1, -0.05) is 12.1 Å². The number of anilines is 1. The van der Waals surface area contributed by atoms with E-state index in [2.05, 4.69) is 4.90 Å². The number of rotatable bonds is 5. The highest BCUT2D eigenvalue weighted by atomic mass is 19.1. The Morgan fingerprint density at radius 3 is 2.47 bits per heavy atom. The third kappa shape index (κ3) is 3.96. The number of methoxy groups -OCH3 is 1. The van der Waals surface area contributed by atoms with E-state index in [9.17, 15) is 14.3 Å². The molecule has 0 atom stereocenters. The first-order chi connectivity index (χ1) is 14.5. The Bertz CT molecular complexity index is 1090. The average molecular weight is 408 g/mol. The number of nitrogens with zero attached hydrogens (tertiary/aromatic N) is 2. The van der Waals surface area contributed by atoms with Gasteiger partial charge in [0.1, 0.15) is 17.3 Å². The molecule has 1 aliphatic rings. The van der Waals surface area contributed by atoms with Gasteiger partial charge in [0, 0.05) is 43.9 Å². The molecule has 156 valence electrons. The zero-order chi connectivity index (χ0) is 21.3. The Morgan fingerprint density at radius 1 is 1.07 bits per heavy atom. The first-order valence-corrected chi connectivity index (χ1v) is 10.0. The number of ketones is 1. The summed E-state index contributed by atoms with van der Waals surface area (Å²) < 4.78 is 19.8. The van der Waals surface area contributed by atoms with Gasteiger partial charge in [0.25, 0.3) is 0 Å². The van der Waals surface area contributed by atoms with Crippen molar-refractivity contribution in [3.8, 4) is 11.5 Å². The molecule has 3 aromatic carbocycles. The SMILES string of the molecule is COc1ccc2ccc(O)c(CN3CCN(c4ccc(C(C)=O)cc4F)CC3)c2c1. The van der Waals surface area contributed by atoms with Gasteiger partial charge < -0.3 is 14.7 Å². The molecule has 0 aliphatic carbocycles. The maximum Gasteiger partial charge on any atom is 0.159 e. The fourth-order valence-corrected chi connectivity index (χ4v) is 4.00. The summed E-state index contributed by atoms with van der Waals surface area (Å²) in [7, 11) is 1.63. The number of hydrogen-bond acceptors (Lipinski definition) is 5. The summed E-state index contributed by atoms with van der Waals surface area (Å²) >= 11 is 0. The first-order valence-electron chi connectivity index (χ1n) is 10.0. The molecule has 3 aromatic rings. The second-order valence-electron chi connectivity index (χ2n) is 7.64. The third-order valence-corrected chi connectivity index (χ3v) is 5.76. The Hall–Kier alpha value is -3.12. The number of fused-ring (bicyclic) bond motifs is 1. The van der Waals surface area contributed by atoms with Crippen LogP contribution in [0, 0.1) is 5.82 Å². The van der Waals surface area contributed by atoms with Gasteiger partial charge in [0.05, 0.1) is 12.8 Å². The zero-order valence-corrected chi connectivity index (χ0v) is 17.2. The number of hydrogen-bond donors (Lipinski definition) is 1. The van der Waals surface area contributed by atoms with Crippen LogP contribution in [-0.2, 0) is 6.54 Å². The van der Waals surface area contributed by atoms with E-state index >= 15 is 0 Å². The molecule has 4 rings (SSSR count). The summed E-state index contributed by atoms with van der Waals surface area (Å²) in [6.07, 6.45) is 0. The molecule has 1 aliphatic heterocycles. The number of phenolic OH excluding ortho intramolecular Hbond substituents is 1.